The smallest absolute Gasteiger partial charge is 0.282 e. The van der Waals surface area contributed by atoms with E-state index < -0.39 is 0 Å². The third kappa shape index (κ3) is 3.65. The predicted octanol–water partition coefficient (Wildman–Crippen LogP) is 1.70. The standard InChI is InChI=1S/C22H25N3O4/c1-13(25-9-7-14(8-10-25)21(23)26)22(27)24-17-12-19-16(11-20(17)28-2)15-5-3-4-6-18(15)29-19/h3-6,11-14H,7-10H2,1-2H3,(H2,23,26)(H,24,27)/p+1/t13-/m0/s1. The number of hydrogen-bond donors (Lipinski definition) is 3. The lowest BCUT2D eigenvalue weighted by Gasteiger charge is -2.31. The summed E-state index contributed by atoms with van der Waals surface area (Å²) in [5.41, 5.74) is 7.48. The van der Waals surface area contributed by atoms with Crippen LogP contribution in [0.4, 0.5) is 5.69 Å². The minimum atomic E-state index is -0.250. The van der Waals surface area contributed by atoms with Crippen LogP contribution in [0.25, 0.3) is 21.9 Å². The van der Waals surface area contributed by atoms with E-state index in [4.69, 9.17) is 14.9 Å². The Morgan fingerprint density at radius 1 is 1.17 bits per heavy atom. The molecule has 0 bridgehead atoms. The highest BCUT2D eigenvalue weighted by molar-refractivity contribution is 6.08. The van der Waals surface area contributed by atoms with Crippen LogP contribution in [-0.4, -0.2) is 38.1 Å². The summed E-state index contributed by atoms with van der Waals surface area (Å²) in [4.78, 5) is 25.4. The lowest BCUT2D eigenvalue weighted by atomic mass is 9.95. The number of hydrogen-bond acceptors (Lipinski definition) is 4. The van der Waals surface area contributed by atoms with Gasteiger partial charge in [0.2, 0.25) is 5.91 Å². The van der Waals surface area contributed by atoms with Crippen LogP contribution in [-0.2, 0) is 9.59 Å². The Kier molecular flexibility index (Phi) is 5.15. The number of nitrogens with two attached hydrogens (primary N) is 1. The van der Waals surface area contributed by atoms with Gasteiger partial charge in [0.15, 0.2) is 6.04 Å². The van der Waals surface area contributed by atoms with Gasteiger partial charge in [-0.15, -0.1) is 0 Å². The molecule has 2 amide bonds. The van der Waals surface area contributed by atoms with E-state index in [1.165, 1.54) is 0 Å². The van der Waals surface area contributed by atoms with Gasteiger partial charge in [-0.1, -0.05) is 18.2 Å². The number of rotatable bonds is 5. The molecule has 1 aromatic heterocycles. The van der Waals surface area contributed by atoms with E-state index in [-0.39, 0.29) is 23.8 Å². The summed E-state index contributed by atoms with van der Waals surface area (Å²) in [6.45, 7) is 3.41. The average molecular weight is 396 g/mol. The number of likely N-dealkylation sites (tertiary alicyclic amines) is 1. The summed E-state index contributed by atoms with van der Waals surface area (Å²) in [6, 6.07) is 11.3. The highest BCUT2D eigenvalue weighted by atomic mass is 16.5. The van der Waals surface area contributed by atoms with Crippen molar-refractivity contribution in [1.29, 1.82) is 0 Å². The summed E-state index contributed by atoms with van der Waals surface area (Å²) in [7, 11) is 1.59. The first kappa shape index (κ1) is 19.3. The topological polar surface area (TPSA) is 99.0 Å². The van der Waals surface area contributed by atoms with Crippen LogP contribution in [0.2, 0.25) is 0 Å². The first-order valence-electron chi connectivity index (χ1n) is 9.92. The number of carbonyl (C=O) groups is 2. The van der Waals surface area contributed by atoms with Gasteiger partial charge >= 0.3 is 0 Å². The molecule has 2 aromatic carbocycles. The number of para-hydroxylation sites is 1. The molecule has 0 unspecified atom stereocenters. The maximum atomic E-state index is 12.9. The molecule has 0 aliphatic carbocycles. The van der Waals surface area contributed by atoms with Crippen LogP contribution in [0.5, 0.6) is 5.75 Å². The van der Waals surface area contributed by atoms with Crippen molar-refractivity contribution < 1.29 is 23.6 Å². The molecule has 3 aromatic rings. The number of anilines is 1. The van der Waals surface area contributed by atoms with E-state index in [9.17, 15) is 9.59 Å². The molecule has 4 N–H and O–H groups in total. The molecule has 1 aliphatic heterocycles. The second-order valence-corrected chi connectivity index (χ2v) is 7.69. The molecule has 1 aliphatic rings. The minimum Gasteiger partial charge on any atom is -0.495 e. The van der Waals surface area contributed by atoms with Crippen molar-refractivity contribution in [3.05, 3.63) is 36.4 Å². The molecule has 7 heteroatoms. The number of carbonyl (C=O) groups excluding carboxylic acids is 2. The Balaban J connectivity index is 1.54. The van der Waals surface area contributed by atoms with Crippen molar-refractivity contribution in [2.45, 2.75) is 25.8 Å². The zero-order valence-electron chi connectivity index (χ0n) is 16.7. The molecular weight excluding hydrogens is 370 g/mol. The number of piperidine rings is 1. The summed E-state index contributed by atoms with van der Waals surface area (Å²) < 4.78 is 11.5. The Bertz CT molecular complexity index is 1070. The molecule has 1 fully saturated rings. The van der Waals surface area contributed by atoms with Crippen LogP contribution >= 0.6 is 0 Å². The maximum Gasteiger partial charge on any atom is 0.282 e. The van der Waals surface area contributed by atoms with Crippen LogP contribution in [0, 0.1) is 5.92 Å². The number of benzene rings is 2. The molecule has 2 heterocycles. The number of furan rings is 1. The van der Waals surface area contributed by atoms with Crippen molar-refractivity contribution in [3.63, 3.8) is 0 Å². The van der Waals surface area contributed by atoms with Gasteiger partial charge in [-0.25, -0.2) is 0 Å². The SMILES string of the molecule is COc1cc2c(cc1NC(=O)[C@H](C)[NH+]1CCC(C(N)=O)CC1)oc1ccccc12. The van der Waals surface area contributed by atoms with Gasteiger partial charge in [0.25, 0.3) is 5.91 Å². The third-order valence-corrected chi connectivity index (χ3v) is 5.99. The molecule has 152 valence electrons. The highest BCUT2D eigenvalue weighted by Crippen LogP contribution is 2.36. The molecule has 1 atom stereocenters. The van der Waals surface area contributed by atoms with E-state index in [0.29, 0.717) is 17.0 Å². The van der Waals surface area contributed by atoms with Crippen molar-refractivity contribution in [2.75, 3.05) is 25.5 Å². The zero-order valence-corrected chi connectivity index (χ0v) is 16.7. The second-order valence-electron chi connectivity index (χ2n) is 7.69. The van der Waals surface area contributed by atoms with Crippen molar-refractivity contribution >= 4 is 39.4 Å². The first-order valence-corrected chi connectivity index (χ1v) is 9.92. The molecule has 7 nitrogen and oxygen atoms in total. The minimum absolute atomic E-state index is 0.0791. The van der Waals surface area contributed by atoms with Crippen LogP contribution in [0.3, 0.4) is 0 Å². The van der Waals surface area contributed by atoms with Gasteiger partial charge in [0, 0.05) is 35.6 Å². The fourth-order valence-electron chi connectivity index (χ4n) is 4.15. The number of fused-ring (bicyclic) bond motifs is 3. The molecule has 0 radical (unpaired) electrons. The fourth-order valence-corrected chi connectivity index (χ4v) is 4.15. The average Bonchev–Trinajstić information content (AvgIpc) is 3.09. The lowest BCUT2D eigenvalue weighted by molar-refractivity contribution is -0.919. The van der Waals surface area contributed by atoms with E-state index >= 15 is 0 Å². The number of quaternary nitrogens is 1. The Labute approximate surface area is 168 Å². The number of primary amides is 1. The van der Waals surface area contributed by atoms with Gasteiger partial charge in [-0.2, -0.15) is 0 Å². The van der Waals surface area contributed by atoms with E-state index in [1.807, 2.05) is 43.3 Å². The Morgan fingerprint density at radius 3 is 2.59 bits per heavy atom. The normalized spacial score (nSPS) is 20.5. The Morgan fingerprint density at radius 2 is 1.90 bits per heavy atom. The quantitative estimate of drug-likeness (QED) is 0.611. The van der Waals surface area contributed by atoms with Crippen molar-refractivity contribution in [2.24, 2.45) is 11.7 Å². The van der Waals surface area contributed by atoms with Gasteiger partial charge in [0.1, 0.15) is 16.9 Å². The zero-order chi connectivity index (χ0) is 20.5. The molecule has 29 heavy (non-hydrogen) atoms. The number of ether oxygens (including phenoxy) is 1. The van der Waals surface area contributed by atoms with Gasteiger partial charge < -0.3 is 25.1 Å². The van der Waals surface area contributed by atoms with Gasteiger partial charge in [-0.05, 0) is 19.1 Å². The van der Waals surface area contributed by atoms with Gasteiger partial charge in [-0.3, -0.25) is 9.59 Å². The summed E-state index contributed by atoms with van der Waals surface area (Å²) >= 11 is 0. The van der Waals surface area contributed by atoms with E-state index in [2.05, 4.69) is 5.32 Å². The van der Waals surface area contributed by atoms with Crippen LogP contribution in [0.1, 0.15) is 19.8 Å². The number of methoxy groups -OCH3 is 1. The third-order valence-electron chi connectivity index (χ3n) is 5.99. The molecular formula is C22H26N3O4+. The fraction of sp³-hybridized carbons (Fsp3) is 0.364. The second kappa shape index (κ2) is 7.75. The van der Waals surface area contributed by atoms with E-state index in [0.717, 1.165) is 47.2 Å². The molecule has 1 saturated heterocycles. The Hall–Kier alpha value is -3.06. The predicted molar refractivity (Wildman–Crippen MR) is 111 cm³/mol. The van der Waals surface area contributed by atoms with Crippen LogP contribution < -0.4 is 20.7 Å². The number of amides is 2. The van der Waals surface area contributed by atoms with Gasteiger partial charge in [0.05, 0.1) is 25.9 Å². The molecule has 4 rings (SSSR count). The maximum absolute atomic E-state index is 12.9. The van der Waals surface area contributed by atoms with E-state index in [1.54, 1.807) is 7.11 Å². The van der Waals surface area contributed by atoms with Crippen molar-refractivity contribution in [3.8, 4) is 5.75 Å². The summed E-state index contributed by atoms with van der Waals surface area (Å²) in [6.07, 6.45) is 1.44. The lowest BCUT2D eigenvalue weighted by Crippen LogP contribution is -3.17. The van der Waals surface area contributed by atoms with Crippen molar-refractivity contribution in [1.82, 2.24) is 0 Å². The monoisotopic (exact) mass is 396 g/mol. The first-order chi connectivity index (χ1) is 14.0. The summed E-state index contributed by atoms with van der Waals surface area (Å²) in [5.74, 6) is 0.174. The molecule has 0 saturated carbocycles. The number of nitrogens with one attached hydrogen (secondary N) is 2. The molecule has 0 spiro atoms. The summed E-state index contributed by atoms with van der Waals surface area (Å²) in [5, 5.41) is 4.95. The van der Waals surface area contributed by atoms with Crippen LogP contribution in [0.15, 0.2) is 40.8 Å². The highest BCUT2D eigenvalue weighted by Gasteiger charge is 2.32. The largest absolute Gasteiger partial charge is 0.495 e.